The smallest absolute Gasteiger partial charge is 0.135 e. The molecule has 0 spiro atoms. The molecule has 0 aliphatic carbocycles. The minimum atomic E-state index is 0.109. The van der Waals surface area contributed by atoms with Crippen LogP contribution in [0.3, 0.4) is 0 Å². The van der Waals surface area contributed by atoms with Gasteiger partial charge in [0.05, 0.1) is 6.61 Å². The Morgan fingerprint density at radius 3 is 2.37 bits per heavy atom. The topological polar surface area (TPSA) is 75.3 Å². The summed E-state index contributed by atoms with van der Waals surface area (Å²) in [7, 11) is 0. The largest absolute Gasteiger partial charge is 0.395 e. The Kier molecular flexibility index (Phi) is 6.02. The molecule has 0 amide bonds. The van der Waals surface area contributed by atoms with E-state index < -0.39 is 0 Å². The van der Waals surface area contributed by atoms with E-state index in [0.29, 0.717) is 18.4 Å². The van der Waals surface area contributed by atoms with Crippen molar-refractivity contribution in [3.05, 3.63) is 11.9 Å². The molecule has 0 unspecified atom stereocenters. The number of nitrogens with zero attached hydrogens (tertiary/aromatic N) is 3. The van der Waals surface area contributed by atoms with Gasteiger partial charge in [-0.2, -0.15) is 0 Å². The van der Waals surface area contributed by atoms with Crippen molar-refractivity contribution in [1.29, 1.82) is 0 Å². The summed E-state index contributed by atoms with van der Waals surface area (Å²) in [4.78, 5) is 11.0. The lowest BCUT2D eigenvalue weighted by Crippen LogP contribution is -2.37. The maximum atomic E-state index is 9.27. The molecule has 0 atom stereocenters. The van der Waals surface area contributed by atoms with E-state index >= 15 is 0 Å². The fraction of sp³-hybridized carbons (Fsp3) is 0.714. The van der Waals surface area contributed by atoms with E-state index in [4.69, 9.17) is 5.73 Å². The summed E-state index contributed by atoms with van der Waals surface area (Å²) in [6, 6.07) is 2.15. The third kappa shape index (κ3) is 4.06. The minimum absolute atomic E-state index is 0.109. The van der Waals surface area contributed by atoms with E-state index in [1.807, 2.05) is 13.8 Å². The van der Waals surface area contributed by atoms with Gasteiger partial charge in [-0.05, 0) is 12.8 Å². The Balaban J connectivity index is 3.14. The molecule has 0 saturated heterocycles. The average Bonchev–Trinajstić information content (AvgIpc) is 2.38. The highest BCUT2D eigenvalue weighted by molar-refractivity contribution is 5.48. The number of hydrogen-bond acceptors (Lipinski definition) is 5. The van der Waals surface area contributed by atoms with Crippen LogP contribution in [0.25, 0.3) is 0 Å². The van der Waals surface area contributed by atoms with Crippen LogP contribution in [-0.4, -0.2) is 34.3 Å². The second-order valence-electron chi connectivity index (χ2n) is 5.05. The average molecular weight is 266 g/mol. The maximum absolute atomic E-state index is 9.27. The van der Waals surface area contributed by atoms with Crippen molar-refractivity contribution >= 4 is 11.6 Å². The molecule has 5 heteroatoms. The van der Waals surface area contributed by atoms with Gasteiger partial charge in [-0.15, -0.1) is 0 Å². The standard InChI is InChI=1S/C14H26N4O/c1-5-11(6-2)18(7-8-19)13-9-12(15)16-14(17-13)10(3)4/h9-11,19H,5-8H2,1-4H3,(H2,15,16,17). The van der Waals surface area contributed by atoms with Crippen molar-refractivity contribution < 1.29 is 5.11 Å². The molecule has 0 aliphatic heterocycles. The minimum Gasteiger partial charge on any atom is -0.395 e. The van der Waals surface area contributed by atoms with Crippen LogP contribution < -0.4 is 10.6 Å². The van der Waals surface area contributed by atoms with Crippen molar-refractivity contribution in [3.8, 4) is 0 Å². The Morgan fingerprint density at radius 2 is 1.89 bits per heavy atom. The number of aliphatic hydroxyl groups is 1. The summed E-state index contributed by atoms with van der Waals surface area (Å²) in [6.07, 6.45) is 2.02. The van der Waals surface area contributed by atoms with Gasteiger partial charge in [0.2, 0.25) is 0 Å². The number of rotatable bonds is 7. The second kappa shape index (κ2) is 7.28. The summed E-state index contributed by atoms with van der Waals surface area (Å²) in [6.45, 7) is 9.06. The van der Waals surface area contributed by atoms with Crippen molar-refractivity contribution in [2.24, 2.45) is 0 Å². The van der Waals surface area contributed by atoms with Gasteiger partial charge in [0.15, 0.2) is 0 Å². The predicted octanol–water partition coefficient (Wildman–Crippen LogP) is 2.17. The van der Waals surface area contributed by atoms with Crippen molar-refractivity contribution in [3.63, 3.8) is 0 Å². The molecule has 3 N–H and O–H groups in total. The molecule has 1 heterocycles. The highest BCUT2D eigenvalue weighted by atomic mass is 16.3. The van der Waals surface area contributed by atoms with Crippen LogP contribution in [0.4, 0.5) is 11.6 Å². The second-order valence-corrected chi connectivity index (χ2v) is 5.05. The first-order valence-electron chi connectivity index (χ1n) is 7.05. The molecule has 5 nitrogen and oxygen atoms in total. The molecule has 0 saturated carbocycles. The number of aromatic nitrogens is 2. The fourth-order valence-corrected chi connectivity index (χ4v) is 2.20. The van der Waals surface area contributed by atoms with Crippen LogP contribution in [0.15, 0.2) is 6.07 Å². The van der Waals surface area contributed by atoms with Gasteiger partial charge in [0.25, 0.3) is 0 Å². The summed E-state index contributed by atoms with van der Waals surface area (Å²) in [5.74, 6) is 2.30. The summed E-state index contributed by atoms with van der Waals surface area (Å²) < 4.78 is 0. The number of nitrogens with two attached hydrogens (primary N) is 1. The van der Waals surface area contributed by atoms with Gasteiger partial charge in [-0.25, -0.2) is 9.97 Å². The van der Waals surface area contributed by atoms with E-state index in [1.54, 1.807) is 6.07 Å². The number of aliphatic hydroxyl groups excluding tert-OH is 1. The normalized spacial score (nSPS) is 11.3. The van der Waals surface area contributed by atoms with Crippen molar-refractivity contribution in [1.82, 2.24) is 9.97 Å². The van der Waals surface area contributed by atoms with E-state index in [2.05, 4.69) is 28.7 Å². The van der Waals surface area contributed by atoms with Crippen LogP contribution in [0.5, 0.6) is 0 Å². The summed E-state index contributed by atoms with van der Waals surface area (Å²) in [5.41, 5.74) is 5.87. The molecule has 0 aliphatic rings. The molecule has 1 aromatic heterocycles. The van der Waals surface area contributed by atoms with E-state index in [9.17, 15) is 5.11 Å². The predicted molar refractivity (Wildman–Crippen MR) is 79.3 cm³/mol. The lowest BCUT2D eigenvalue weighted by Gasteiger charge is -2.31. The lowest BCUT2D eigenvalue weighted by atomic mass is 10.1. The van der Waals surface area contributed by atoms with Gasteiger partial charge in [-0.1, -0.05) is 27.7 Å². The van der Waals surface area contributed by atoms with E-state index in [-0.39, 0.29) is 12.5 Å². The number of nitrogen functional groups attached to an aromatic ring is 1. The molecular weight excluding hydrogens is 240 g/mol. The van der Waals surface area contributed by atoms with Crippen LogP contribution in [0.2, 0.25) is 0 Å². The summed E-state index contributed by atoms with van der Waals surface area (Å²) in [5, 5.41) is 9.27. The van der Waals surface area contributed by atoms with Gasteiger partial charge >= 0.3 is 0 Å². The molecule has 1 rings (SSSR count). The third-order valence-electron chi connectivity index (χ3n) is 3.28. The summed E-state index contributed by atoms with van der Waals surface area (Å²) >= 11 is 0. The highest BCUT2D eigenvalue weighted by Crippen LogP contribution is 2.22. The highest BCUT2D eigenvalue weighted by Gasteiger charge is 2.18. The molecular formula is C14H26N4O. The van der Waals surface area contributed by atoms with Gasteiger partial charge < -0.3 is 15.7 Å². The Morgan fingerprint density at radius 1 is 1.26 bits per heavy atom. The zero-order chi connectivity index (χ0) is 14.4. The van der Waals surface area contributed by atoms with Crippen LogP contribution >= 0.6 is 0 Å². The number of hydrogen-bond donors (Lipinski definition) is 2. The lowest BCUT2D eigenvalue weighted by molar-refractivity contribution is 0.295. The van der Waals surface area contributed by atoms with Crippen LogP contribution in [0, 0.1) is 0 Å². The molecule has 19 heavy (non-hydrogen) atoms. The first-order valence-corrected chi connectivity index (χ1v) is 7.05. The van der Waals surface area contributed by atoms with Crippen LogP contribution in [0.1, 0.15) is 52.3 Å². The first kappa shape index (κ1) is 15.7. The van der Waals surface area contributed by atoms with Gasteiger partial charge in [0, 0.05) is 24.6 Å². The molecule has 0 aromatic carbocycles. The first-order chi connectivity index (χ1) is 9.03. The fourth-order valence-electron chi connectivity index (χ4n) is 2.20. The Labute approximate surface area is 115 Å². The molecule has 108 valence electrons. The SMILES string of the molecule is CCC(CC)N(CCO)c1cc(N)nc(C(C)C)n1. The molecule has 0 radical (unpaired) electrons. The zero-order valence-corrected chi connectivity index (χ0v) is 12.4. The van der Waals surface area contributed by atoms with Gasteiger partial charge in [0.1, 0.15) is 17.5 Å². The number of anilines is 2. The van der Waals surface area contributed by atoms with Crippen molar-refractivity contribution in [2.75, 3.05) is 23.8 Å². The molecule has 1 aromatic rings. The Hall–Kier alpha value is -1.36. The van der Waals surface area contributed by atoms with Crippen molar-refractivity contribution in [2.45, 2.75) is 52.5 Å². The molecule has 0 bridgehead atoms. The van der Waals surface area contributed by atoms with Gasteiger partial charge in [-0.3, -0.25) is 0 Å². The third-order valence-corrected chi connectivity index (χ3v) is 3.28. The maximum Gasteiger partial charge on any atom is 0.135 e. The zero-order valence-electron chi connectivity index (χ0n) is 12.4. The monoisotopic (exact) mass is 266 g/mol. The van der Waals surface area contributed by atoms with E-state index in [0.717, 1.165) is 24.5 Å². The molecule has 0 fully saturated rings. The van der Waals surface area contributed by atoms with Crippen LogP contribution in [-0.2, 0) is 0 Å². The van der Waals surface area contributed by atoms with E-state index in [1.165, 1.54) is 0 Å². The Bertz CT molecular complexity index is 391. The quantitative estimate of drug-likeness (QED) is 0.791.